The number of carbonyl (C=O) groups excluding carboxylic acids is 1. The van der Waals surface area contributed by atoms with E-state index in [2.05, 4.69) is 9.97 Å². The van der Waals surface area contributed by atoms with Crippen molar-refractivity contribution in [1.82, 2.24) is 14.4 Å². The van der Waals surface area contributed by atoms with Crippen molar-refractivity contribution in [3.8, 4) is 0 Å². The van der Waals surface area contributed by atoms with Gasteiger partial charge in [-0.05, 0) is 30.7 Å². The summed E-state index contributed by atoms with van der Waals surface area (Å²) in [5.74, 6) is -0.484. The molecule has 6 heteroatoms. The first-order chi connectivity index (χ1) is 12.1. The molecular weight excluding hydrogens is 318 g/mol. The second-order valence-corrected chi connectivity index (χ2v) is 5.87. The summed E-state index contributed by atoms with van der Waals surface area (Å²) < 4.78 is 6.76. The Bertz CT molecular complexity index is 1120. The number of benzene rings is 1. The molecule has 0 atom stereocenters. The Morgan fingerprint density at radius 3 is 2.88 bits per heavy atom. The van der Waals surface area contributed by atoms with Crippen molar-refractivity contribution in [3.63, 3.8) is 0 Å². The van der Waals surface area contributed by atoms with Gasteiger partial charge in [0.15, 0.2) is 0 Å². The zero-order valence-corrected chi connectivity index (χ0v) is 13.5. The normalized spacial score (nSPS) is 11.1. The third-order valence-electron chi connectivity index (χ3n) is 3.96. The molecule has 0 aliphatic carbocycles. The number of fused-ring (bicyclic) bond motifs is 2. The number of nitrogens with one attached hydrogen (secondary N) is 1. The number of aryl methyl sites for hydroxylation is 1. The number of ether oxygens (including phenoxy) is 1. The van der Waals surface area contributed by atoms with Gasteiger partial charge >= 0.3 is 5.97 Å². The van der Waals surface area contributed by atoms with Crippen LogP contribution in [0.3, 0.4) is 0 Å². The van der Waals surface area contributed by atoms with Crippen LogP contribution in [0.4, 0.5) is 0 Å². The SMILES string of the molecule is Cc1ccc2nc(COC(=O)c3cc4ccccc4[nH]3)cc(=O)n2c1. The lowest BCUT2D eigenvalue weighted by atomic mass is 10.2. The highest BCUT2D eigenvalue weighted by atomic mass is 16.5. The van der Waals surface area contributed by atoms with Gasteiger partial charge in [0.25, 0.3) is 5.56 Å². The van der Waals surface area contributed by atoms with Gasteiger partial charge in [0.2, 0.25) is 0 Å². The maximum absolute atomic E-state index is 12.2. The lowest BCUT2D eigenvalue weighted by Crippen LogP contribution is -2.17. The van der Waals surface area contributed by atoms with Crippen LogP contribution in [0.5, 0.6) is 0 Å². The molecule has 0 radical (unpaired) electrons. The van der Waals surface area contributed by atoms with E-state index >= 15 is 0 Å². The Hall–Kier alpha value is -3.41. The zero-order valence-electron chi connectivity index (χ0n) is 13.5. The summed E-state index contributed by atoms with van der Waals surface area (Å²) in [6, 6.07) is 14.4. The van der Waals surface area contributed by atoms with E-state index in [-0.39, 0.29) is 12.2 Å². The third kappa shape index (κ3) is 2.89. The number of aromatic nitrogens is 3. The van der Waals surface area contributed by atoms with Crippen molar-refractivity contribution in [2.45, 2.75) is 13.5 Å². The van der Waals surface area contributed by atoms with Crippen LogP contribution in [0, 0.1) is 6.92 Å². The number of hydrogen-bond donors (Lipinski definition) is 1. The molecule has 1 aromatic carbocycles. The molecule has 3 heterocycles. The Morgan fingerprint density at radius 2 is 2.04 bits per heavy atom. The summed E-state index contributed by atoms with van der Waals surface area (Å²) in [4.78, 5) is 31.8. The van der Waals surface area contributed by atoms with Gasteiger partial charge in [0.1, 0.15) is 17.9 Å². The molecule has 124 valence electrons. The number of carbonyl (C=O) groups is 1. The van der Waals surface area contributed by atoms with Crippen LogP contribution in [0.2, 0.25) is 0 Å². The predicted molar refractivity (Wildman–Crippen MR) is 93.6 cm³/mol. The highest BCUT2D eigenvalue weighted by Gasteiger charge is 2.12. The average molecular weight is 333 g/mol. The summed E-state index contributed by atoms with van der Waals surface area (Å²) in [5.41, 5.74) is 2.94. The third-order valence-corrected chi connectivity index (χ3v) is 3.96. The fraction of sp³-hybridized carbons (Fsp3) is 0.105. The highest BCUT2D eigenvalue weighted by Crippen LogP contribution is 2.15. The van der Waals surface area contributed by atoms with E-state index in [4.69, 9.17) is 4.74 Å². The summed E-state index contributed by atoms with van der Waals surface area (Å²) in [6.45, 7) is 1.84. The molecule has 0 aliphatic rings. The monoisotopic (exact) mass is 333 g/mol. The minimum atomic E-state index is -0.484. The minimum Gasteiger partial charge on any atom is -0.455 e. The first-order valence-corrected chi connectivity index (χ1v) is 7.84. The summed E-state index contributed by atoms with van der Waals surface area (Å²) in [5, 5.41) is 0.937. The molecule has 0 spiro atoms. The lowest BCUT2D eigenvalue weighted by molar-refractivity contribution is 0.0462. The second kappa shape index (κ2) is 5.90. The molecule has 0 aliphatic heterocycles. The molecule has 0 fully saturated rings. The molecule has 0 saturated heterocycles. The number of pyridine rings is 1. The number of rotatable bonds is 3. The Labute approximate surface area is 142 Å². The van der Waals surface area contributed by atoms with Crippen LogP contribution in [-0.4, -0.2) is 20.3 Å². The van der Waals surface area contributed by atoms with Gasteiger partial charge < -0.3 is 9.72 Å². The molecule has 0 amide bonds. The molecule has 4 rings (SSSR count). The fourth-order valence-corrected chi connectivity index (χ4v) is 2.73. The number of aromatic amines is 1. The zero-order chi connectivity index (χ0) is 17.4. The first kappa shape index (κ1) is 15.1. The number of nitrogens with zero attached hydrogens (tertiary/aromatic N) is 2. The van der Waals surface area contributed by atoms with Crippen molar-refractivity contribution in [2.24, 2.45) is 0 Å². The highest BCUT2D eigenvalue weighted by molar-refractivity contribution is 5.94. The number of para-hydroxylation sites is 1. The molecule has 3 aromatic heterocycles. The number of H-pyrrole nitrogens is 1. The van der Waals surface area contributed by atoms with Gasteiger partial charge in [-0.2, -0.15) is 0 Å². The molecule has 0 bridgehead atoms. The molecule has 0 saturated carbocycles. The van der Waals surface area contributed by atoms with Crippen LogP contribution in [0.1, 0.15) is 21.7 Å². The minimum absolute atomic E-state index is 0.0617. The van der Waals surface area contributed by atoms with E-state index in [1.807, 2.05) is 37.3 Å². The smallest absolute Gasteiger partial charge is 0.355 e. The predicted octanol–water partition coefficient (Wildman–Crippen LogP) is 2.84. The Kier molecular flexibility index (Phi) is 3.57. The van der Waals surface area contributed by atoms with Gasteiger partial charge in [0, 0.05) is 23.2 Å². The summed E-state index contributed by atoms with van der Waals surface area (Å²) in [6.07, 6.45) is 1.73. The van der Waals surface area contributed by atoms with E-state index in [0.717, 1.165) is 16.5 Å². The van der Waals surface area contributed by atoms with Crippen LogP contribution in [0.25, 0.3) is 16.6 Å². The van der Waals surface area contributed by atoms with E-state index in [0.29, 0.717) is 17.0 Å². The standard InChI is InChI=1S/C19H15N3O3/c1-12-6-7-17-20-14(9-18(23)22(17)10-12)11-25-19(24)16-8-13-4-2-3-5-15(13)21-16/h2-10,21H,11H2,1H3. The molecule has 4 aromatic rings. The second-order valence-electron chi connectivity index (χ2n) is 5.87. The van der Waals surface area contributed by atoms with Gasteiger partial charge in [0.05, 0.1) is 5.69 Å². The first-order valence-electron chi connectivity index (χ1n) is 7.84. The van der Waals surface area contributed by atoms with Crippen molar-refractivity contribution in [1.29, 1.82) is 0 Å². The van der Waals surface area contributed by atoms with Crippen LogP contribution < -0.4 is 5.56 Å². The average Bonchev–Trinajstić information content (AvgIpc) is 3.04. The summed E-state index contributed by atoms with van der Waals surface area (Å²) >= 11 is 0. The van der Waals surface area contributed by atoms with Gasteiger partial charge in [-0.25, -0.2) is 9.78 Å². The topological polar surface area (TPSA) is 76.5 Å². The van der Waals surface area contributed by atoms with E-state index < -0.39 is 5.97 Å². The van der Waals surface area contributed by atoms with E-state index in [9.17, 15) is 9.59 Å². The van der Waals surface area contributed by atoms with E-state index in [1.54, 1.807) is 18.3 Å². The molecule has 6 nitrogen and oxygen atoms in total. The van der Waals surface area contributed by atoms with Gasteiger partial charge in [-0.1, -0.05) is 24.3 Å². The Morgan fingerprint density at radius 1 is 1.20 bits per heavy atom. The van der Waals surface area contributed by atoms with Crippen molar-refractivity contribution in [3.05, 3.63) is 82.0 Å². The van der Waals surface area contributed by atoms with Crippen molar-refractivity contribution < 1.29 is 9.53 Å². The Balaban J connectivity index is 1.56. The van der Waals surface area contributed by atoms with E-state index in [1.165, 1.54) is 10.5 Å². The number of hydrogen-bond acceptors (Lipinski definition) is 4. The maximum Gasteiger partial charge on any atom is 0.355 e. The molecular formula is C19H15N3O3. The fourth-order valence-electron chi connectivity index (χ4n) is 2.73. The largest absolute Gasteiger partial charge is 0.455 e. The number of esters is 1. The lowest BCUT2D eigenvalue weighted by Gasteiger charge is -2.06. The van der Waals surface area contributed by atoms with Gasteiger partial charge in [-0.3, -0.25) is 9.20 Å². The van der Waals surface area contributed by atoms with Crippen LogP contribution >= 0.6 is 0 Å². The van der Waals surface area contributed by atoms with Gasteiger partial charge in [-0.15, -0.1) is 0 Å². The molecule has 25 heavy (non-hydrogen) atoms. The van der Waals surface area contributed by atoms with Crippen LogP contribution in [-0.2, 0) is 11.3 Å². The molecule has 1 N–H and O–H groups in total. The summed E-state index contributed by atoms with van der Waals surface area (Å²) in [7, 11) is 0. The maximum atomic E-state index is 12.2. The van der Waals surface area contributed by atoms with Crippen LogP contribution in [0.15, 0.2) is 59.5 Å². The quantitative estimate of drug-likeness (QED) is 0.585. The molecule has 0 unspecified atom stereocenters. The van der Waals surface area contributed by atoms with Crippen molar-refractivity contribution in [2.75, 3.05) is 0 Å². The van der Waals surface area contributed by atoms with Crippen molar-refractivity contribution >= 4 is 22.5 Å².